The van der Waals surface area contributed by atoms with Crippen molar-refractivity contribution in [3.05, 3.63) is 80.2 Å². The standard InChI is InChI=1S/C21H16FNO3S/c1-12-19(25-9-14-3-5-15(22)6-4-14)8-7-16-20(24)17(10-26-21(12)16)18-11-27-13(2)23-18/h3-8,10-11H,9H2,1-2H3. The summed E-state index contributed by atoms with van der Waals surface area (Å²) >= 11 is 1.49. The molecule has 0 aliphatic carbocycles. The van der Waals surface area contributed by atoms with Crippen LogP contribution in [0, 0.1) is 19.7 Å². The SMILES string of the molecule is Cc1nc(-c2coc3c(C)c(OCc4ccc(F)cc4)ccc3c2=O)cs1. The van der Waals surface area contributed by atoms with Crippen LogP contribution in [0.3, 0.4) is 0 Å². The molecule has 136 valence electrons. The van der Waals surface area contributed by atoms with Crippen LogP contribution < -0.4 is 10.2 Å². The number of benzene rings is 2. The van der Waals surface area contributed by atoms with E-state index in [-0.39, 0.29) is 11.2 Å². The fourth-order valence-corrected chi connectivity index (χ4v) is 3.50. The summed E-state index contributed by atoms with van der Waals surface area (Å²) in [7, 11) is 0. The van der Waals surface area contributed by atoms with E-state index in [1.165, 1.54) is 29.7 Å². The molecule has 6 heteroatoms. The van der Waals surface area contributed by atoms with Gasteiger partial charge in [-0.3, -0.25) is 4.79 Å². The first kappa shape index (κ1) is 17.4. The molecule has 0 bridgehead atoms. The van der Waals surface area contributed by atoms with Gasteiger partial charge in [0.15, 0.2) is 0 Å². The molecular formula is C21H16FNO3S. The first-order chi connectivity index (χ1) is 13.0. The van der Waals surface area contributed by atoms with Crippen molar-refractivity contribution >= 4 is 22.3 Å². The molecule has 0 unspecified atom stereocenters. The second kappa shape index (κ2) is 6.96. The summed E-state index contributed by atoms with van der Waals surface area (Å²) in [5.74, 6) is 0.334. The zero-order valence-corrected chi connectivity index (χ0v) is 15.6. The number of ether oxygens (including phenoxy) is 1. The van der Waals surface area contributed by atoms with E-state index in [1.807, 2.05) is 19.2 Å². The Kier molecular flexibility index (Phi) is 4.49. The van der Waals surface area contributed by atoms with E-state index in [0.29, 0.717) is 34.6 Å². The third-order valence-corrected chi connectivity index (χ3v) is 5.12. The number of hydrogen-bond donors (Lipinski definition) is 0. The highest BCUT2D eigenvalue weighted by Crippen LogP contribution is 2.29. The highest BCUT2D eigenvalue weighted by molar-refractivity contribution is 7.09. The van der Waals surface area contributed by atoms with Gasteiger partial charge in [-0.2, -0.15) is 0 Å². The lowest BCUT2D eigenvalue weighted by atomic mass is 10.1. The summed E-state index contributed by atoms with van der Waals surface area (Å²) in [6.07, 6.45) is 1.45. The lowest BCUT2D eigenvalue weighted by Crippen LogP contribution is -2.06. The quantitative estimate of drug-likeness (QED) is 0.484. The van der Waals surface area contributed by atoms with Gasteiger partial charge < -0.3 is 9.15 Å². The minimum Gasteiger partial charge on any atom is -0.488 e. The van der Waals surface area contributed by atoms with Gasteiger partial charge in [-0.15, -0.1) is 11.3 Å². The van der Waals surface area contributed by atoms with E-state index in [2.05, 4.69) is 4.98 Å². The van der Waals surface area contributed by atoms with Gasteiger partial charge in [0.05, 0.1) is 21.7 Å². The Morgan fingerprint density at radius 1 is 1.15 bits per heavy atom. The lowest BCUT2D eigenvalue weighted by molar-refractivity contribution is 0.304. The molecule has 0 saturated carbocycles. The van der Waals surface area contributed by atoms with E-state index in [9.17, 15) is 9.18 Å². The predicted molar refractivity (Wildman–Crippen MR) is 104 cm³/mol. The number of fused-ring (bicyclic) bond motifs is 1. The molecule has 4 aromatic rings. The summed E-state index contributed by atoms with van der Waals surface area (Å²) in [5, 5.41) is 3.23. The fraction of sp³-hybridized carbons (Fsp3) is 0.143. The average Bonchev–Trinajstić information content (AvgIpc) is 3.09. The summed E-state index contributed by atoms with van der Waals surface area (Å²) in [6, 6.07) is 9.60. The Bertz CT molecular complexity index is 1180. The van der Waals surface area contributed by atoms with Gasteiger partial charge in [-0.1, -0.05) is 12.1 Å². The van der Waals surface area contributed by atoms with E-state index in [4.69, 9.17) is 9.15 Å². The van der Waals surface area contributed by atoms with Crippen molar-refractivity contribution in [3.8, 4) is 17.0 Å². The number of thiazole rings is 1. The molecule has 4 nitrogen and oxygen atoms in total. The van der Waals surface area contributed by atoms with Crippen molar-refractivity contribution in [3.63, 3.8) is 0 Å². The smallest absolute Gasteiger partial charge is 0.202 e. The Morgan fingerprint density at radius 2 is 1.93 bits per heavy atom. The van der Waals surface area contributed by atoms with Crippen molar-refractivity contribution in [2.45, 2.75) is 20.5 Å². The van der Waals surface area contributed by atoms with Gasteiger partial charge in [-0.05, 0) is 43.7 Å². The second-order valence-electron chi connectivity index (χ2n) is 6.21. The van der Waals surface area contributed by atoms with Crippen LogP contribution in [0.2, 0.25) is 0 Å². The van der Waals surface area contributed by atoms with Crippen LogP contribution in [0.25, 0.3) is 22.2 Å². The molecule has 0 N–H and O–H groups in total. The zero-order valence-electron chi connectivity index (χ0n) is 14.8. The maximum atomic E-state index is 13.0. The van der Waals surface area contributed by atoms with Gasteiger partial charge in [0, 0.05) is 10.9 Å². The molecule has 0 atom stereocenters. The maximum Gasteiger partial charge on any atom is 0.202 e. The van der Waals surface area contributed by atoms with Crippen LogP contribution in [-0.4, -0.2) is 4.98 Å². The van der Waals surface area contributed by atoms with Gasteiger partial charge in [0.25, 0.3) is 0 Å². The van der Waals surface area contributed by atoms with Crippen LogP contribution in [0.1, 0.15) is 16.1 Å². The molecule has 0 fully saturated rings. The zero-order chi connectivity index (χ0) is 19.0. The molecule has 2 aromatic carbocycles. The average molecular weight is 381 g/mol. The molecule has 2 heterocycles. The van der Waals surface area contributed by atoms with E-state index in [1.54, 1.807) is 24.3 Å². The van der Waals surface area contributed by atoms with E-state index in [0.717, 1.165) is 16.1 Å². The lowest BCUT2D eigenvalue weighted by Gasteiger charge is -2.11. The number of aromatic nitrogens is 1. The first-order valence-electron chi connectivity index (χ1n) is 8.38. The number of nitrogens with zero attached hydrogens (tertiary/aromatic N) is 1. The van der Waals surface area contributed by atoms with Crippen LogP contribution in [0.4, 0.5) is 4.39 Å². The van der Waals surface area contributed by atoms with Crippen molar-refractivity contribution in [2.24, 2.45) is 0 Å². The molecule has 0 aliphatic rings. The first-order valence-corrected chi connectivity index (χ1v) is 9.26. The second-order valence-corrected chi connectivity index (χ2v) is 7.27. The Labute approximate surface area is 158 Å². The Morgan fingerprint density at radius 3 is 2.63 bits per heavy atom. The van der Waals surface area contributed by atoms with Gasteiger partial charge in [0.2, 0.25) is 5.43 Å². The predicted octanol–water partition coefficient (Wildman–Crippen LogP) is 5.25. The van der Waals surface area contributed by atoms with Crippen LogP contribution in [0.5, 0.6) is 5.75 Å². The minimum absolute atomic E-state index is 0.116. The summed E-state index contributed by atoms with van der Waals surface area (Å²) in [4.78, 5) is 17.2. The summed E-state index contributed by atoms with van der Waals surface area (Å²) in [5.41, 5.74) is 3.05. The topological polar surface area (TPSA) is 52.3 Å². The highest BCUT2D eigenvalue weighted by Gasteiger charge is 2.15. The molecule has 0 radical (unpaired) electrons. The summed E-state index contributed by atoms with van der Waals surface area (Å²) < 4.78 is 24.6. The molecule has 4 rings (SSSR count). The van der Waals surface area contributed by atoms with Gasteiger partial charge in [0.1, 0.15) is 30.0 Å². The largest absolute Gasteiger partial charge is 0.488 e. The monoisotopic (exact) mass is 381 g/mol. The third-order valence-electron chi connectivity index (χ3n) is 4.34. The Balaban J connectivity index is 1.68. The van der Waals surface area contributed by atoms with Crippen molar-refractivity contribution in [1.82, 2.24) is 4.98 Å². The van der Waals surface area contributed by atoms with E-state index >= 15 is 0 Å². The number of hydrogen-bond acceptors (Lipinski definition) is 5. The Hall–Kier alpha value is -2.99. The van der Waals surface area contributed by atoms with Crippen molar-refractivity contribution in [1.29, 1.82) is 0 Å². The van der Waals surface area contributed by atoms with Crippen LogP contribution in [-0.2, 0) is 6.61 Å². The van der Waals surface area contributed by atoms with Gasteiger partial charge >= 0.3 is 0 Å². The molecular weight excluding hydrogens is 365 g/mol. The third kappa shape index (κ3) is 3.36. The van der Waals surface area contributed by atoms with Crippen LogP contribution in [0.15, 0.2) is 57.3 Å². The number of halogens is 1. The molecule has 2 aromatic heterocycles. The fourth-order valence-electron chi connectivity index (χ4n) is 2.88. The summed E-state index contributed by atoms with van der Waals surface area (Å²) in [6.45, 7) is 4.04. The van der Waals surface area contributed by atoms with Crippen molar-refractivity contribution in [2.75, 3.05) is 0 Å². The normalized spacial score (nSPS) is 11.1. The maximum absolute atomic E-state index is 13.0. The highest BCUT2D eigenvalue weighted by atomic mass is 32.1. The van der Waals surface area contributed by atoms with Gasteiger partial charge in [-0.25, -0.2) is 9.37 Å². The molecule has 0 spiro atoms. The molecule has 0 saturated heterocycles. The van der Waals surface area contributed by atoms with Crippen molar-refractivity contribution < 1.29 is 13.5 Å². The van der Waals surface area contributed by atoms with Crippen LogP contribution >= 0.6 is 11.3 Å². The number of aryl methyl sites for hydroxylation is 2. The molecule has 0 amide bonds. The minimum atomic E-state index is -0.284. The molecule has 27 heavy (non-hydrogen) atoms. The molecule has 0 aliphatic heterocycles. The number of rotatable bonds is 4. The van der Waals surface area contributed by atoms with E-state index < -0.39 is 0 Å².